The predicted octanol–water partition coefficient (Wildman–Crippen LogP) is 7.08. The second kappa shape index (κ2) is 10.3. The summed E-state index contributed by atoms with van der Waals surface area (Å²) >= 11 is 0. The lowest BCUT2D eigenvalue weighted by molar-refractivity contribution is 0.0951. The van der Waals surface area contributed by atoms with Crippen molar-refractivity contribution in [3.8, 4) is 11.1 Å². The van der Waals surface area contributed by atoms with Crippen LogP contribution in [0.15, 0.2) is 91.3 Å². The van der Waals surface area contributed by atoms with Crippen LogP contribution < -0.4 is 5.32 Å². The van der Waals surface area contributed by atoms with Gasteiger partial charge in [-0.15, -0.1) is 0 Å². The van der Waals surface area contributed by atoms with Crippen LogP contribution in [0.4, 0.5) is 8.78 Å². The van der Waals surface area contributed by atoms with Crippen LogP contribution in [0.2, 0.25) is 0 Å². The van der Waals surface area contributed by atoms with Gasteiger partial charge in [0.05, 0.1) is 5.56 Å². The number of hydrogen-bond donors (Lipinski definition) is 1. The van der Waals surface area contributed by atoms with Gasteiger partial charge in [-0.25, -0.2) is 8.78 Å². The molecule has 5 aromatic rings. The molecule has 0 bridgehead atoms. The number of nitrogens with one attached hydrogen (secondary N) is 1. The molecule has 5 rings (SSSR count). The number of halogens is 2. The minimum Gasteiger partial charge on any atom is -0.348 e. The first-order valence-corrected chi connectivity index (χ1v) is 12.2. The Morgan fingerprint density at radius 2 is 1.62 bits per heavy atom. The van der Waals surface area contributed by atoms with Crippen molar-refractivity contribution >= 4 is 16.8 Å². The number of benzene rings is 3. The first-order valence-electron chi connectivity index (χ1n) is 12.2. The fourth-order valence-corrected chi connectivity index (χ4v) is 4.79. The molecule has 186 valence electrons. The van der Waals surface area contributed by atoms with Gasteiger partial charge in [0.2, 0.25) is 0 Å². The Kier molecular flexibility index (Phi) is 6.82. The molecule has 0 aliphatic carbocycles. The molecule has 0 fully saturated rings. The summed E-state index contributed by atoms with van der Waals surface area (Å²) < 4.78 is 29.3. The molecule has 0 unspecified atom stereocenters. The molecule has 0 aliphatic heterocycles. The largest absolute Gasteiger partial charge is 0.348 e. The van der Waals surface area contributed by atoms with Crippen LogP contribution in [-0.2, 0) is 13.1 Å². The number of fused-ring (bicyclic) bond motifs is 1. The number of carbonyl (C=O) groups is 1. The van der Waals surface area contributed by atoms with Gasteiger partial charge >= 0.3 is 0 Å². The molecule has 6 heteroatoms. The molecular weight excluding hydrogens is 468 g/mol. The van der Waals surface area contributed by atoms with Crippen LogP contribution in [0.1, 0.15) is 46.9 Å². The van der Waals surface area contributed by atoms with Crippen LogP contribution >= 0.6 is 0 Å². The number of rotatable bonds is 7. The molecule has 37 heavy (non-hydrogen) atoms. The monoisotopic (exact) mass is 495 g/mol. The maximum Gasteiger partial charge on any atom is 0.254 e. The topological polar surface area (TPSA) is 46.9 Å². The summed E-state index contributed by atoms with van der Waals surface area (Å²) in [6.45, 7) is 4.85. The van der Waals surface area contributed by atoms with Crippen molar-refractivity contribution in [3.05, 3.63) is 125 Å². The highest BCUT2D eigenvalue weighted by Gasteiger charge is 2.25. The summed E-state index contributed by atoms with van der Waals surface area (Å²) in [6, 6.07) is 23.9. The van der Waals surface area contributed by atoms with Crippen molar-refractivity contribution in [2.45, 2.75) is 32.9 Å². The second-order valence-corrected chi connectivity index (χ2v) is 9.39. The Morgan fingerprint density at radius 1 is 0.865 bits per heavy atom. The minimum atomic E-state index is -0.933. The lowest BCUT2D eigenvalue weighted by Crippen LogP contribution is -2.24. The lowest BCUT2D eigenvalue weighted by atomic mass is 10.0. The first-order chi connectivity index (χ1) is 17.9. The third-order valence-corrected chi connectivity index (χ3v) is 6.51. The number of aromatic nitrogens is 2. The highest BCUT2D eigenvalue weighted by atomic mass is 19.2. The van der Waals surface area contributed by atoms with Crippen molar-refractivity contribution < 1.29 is 13.6 Å². The predicted molar refractivity (Wildman–Crippen MR) is 142 cm³/mol. The van der Waals surface area contributed by atoms with Crippen molar-refractivity contribution in [1.29, 1.82) is 0 Å². The third-order valence-electron chi connectivity index (χ3n) is 6.51. The molecule has 0 saturated carbocycles. The highest BCUT2D eigenvalue weighted by Crippen LogP contribution is 2.35. The average molecular weight is 496 g/mol. The van der Waals surface area contributed by atoms with Gasteiger partial charge in [0, 0.05) is 42.1 Å². The van der Waals surface area contributed by atoms with Gasteiger partial charge in [-0.1, -0.05) is 62.4 Å². The number of pyridine rings is 1. The zero-order chi connectivity index (χ0) is 25.9. The summed E-state index contributed by atoms with van der Waals surface area (Å²) in [4.78, 5) is 17.8. The van der Waals surface area contributed by atoms with Crippen LogP contribution in [0.5, 0.6) is 0 Å². The standard InChI is InChI=1S/C31H27F2N3O/c1-20(2)30-29(31(37)35-18-22-8-11-26(32)27(33)16-22)25-10-9-24(23-12-14-34-15-13-23)17-28(25)36(30)19-21-6-4-3-5-7-21/h3-17,20H,18-19H2,1-2H3,(H,35,37). The van der Waals surface area contributed by atoms with Gasteiger partial charge in [0.25, 0.3) is 5.91 Å². The maximum absolute atomic E-state index is 13.7. The Labute approximate surface area is 214 Å². The molecular formula is C31H27F2N3O. The van der Waals surface area contributed by atoms with Crippen molar-refractivity contribution in [1.82, 2.24) is 14.9 Å². The van der Waals surface area contributed by atoms with E-state index in [-0.39, 0.29) is 18.4 Å². The molecule has 0 atom stereocenters. The van der Waals surface area contributed by atoms with E-state index in [1.54, 1.807) is 12.4 Å². The molecule has 0 spiro atoms. The molecule has 2 heterocycles. The molecule has 3 aromatic carbocycles. The van der Waals surface area contributed by atoms with Gasteiger partial charge < -0.3 is 9.88 Å². The smallest absolute Gasteiger partial charge is 0.254 e. The minimum absolute atomic E-state index is 0.0597. The number of nitrogens with zero attached hydrogens (tertiary/aromatic N) is 2. The highest BCUT2D eigenvalue weighted by molar-refractivity contribution is 6.09. The summed E-state index contributed by atoms with van der Waals surface area (Å²) in [5, 5.41) is 3.77. The Bertz CT molecular complexity index is 1560. The summed E-state index contributed by atoms with van der Waals surface area (Å²) in [5.74, 6) is -2.03. The SMILES string of the molecule is CC(C)c1c(C(=O)NCc2ccc(F)c(F)c2)c2ccc(-c3ccncc3)cc2n1Cc1ccccc1. The molecule has 0 saturated heterocycles. The average Bonchev–Trinajstić information content (AvgIpc) is 3.24. The number of amides is 1. The maximum atomic E-state index is 13.7. The molecule has 2 aromatic heterocycles. The van der Waals surface area contributed by atoms with Gasteiger partial charge in [-0.3, -0.25) is 9.78 Å². The Hall–Kier alpha value is -4.32. The van der Waals surface area contributed by atoms with Crippen LogP contribution in [-0.4, -0.2) is 15.5 Å². The molecule has 0 radical (unpaired) electrons. The normalized spacial score (nSPS) is 11.3. The third kappa shape index (κ3) is 5.00. The molecule has 1 N–H and O–H groups in total. The summed E-state index contributed by atoms with van der Waals surface area (Å²) in [7, 11) is 0. The lowest BCUT2D eigenvalue weighted by Gasteiger charge is -2.16. The Morgan fingerprint density at radius 3 is 2.32 bits per heavy atom. The van der Waals surface area contributed by atoms with E-state index in [1.807, 2.05) is 42.5 Å². The van der Waals surface area contributed by atoms with E-state index in [9.17, 15) is 13.6 Å². The molecule has 1 amide bonds. The van der Waals surface area contributed by atoms with E-state index >= 15 is 0 Å². The zero-order valence-corrected chi connectivity index (χ0v) is 20.7. The van der Waals surface area contributed by atoms with Crippen LogP contribution in [0.25, 0.3) is 22.0 Å². The van der Waals surface area contributed by atoms with Gasteiger partial charge in [0.1, 0.15) is 0 Å². The van der Waals surface area contributed by atoms with E-state index in [0.717, 1.165) is 45.4 Å². The number of hydrogen-bond acceptors (Lipinski definition) is 2. The molecule has 0 aliphatic rings. The van der Waals surface area contributed by atoms with E-state index < -0.39 is 11.6 Å². The van der Waals surface area contributed by atoms with E-state index in [0.29, 0.717) is 17.7 Å². The van der Waals surface area contributed by atoms with Crippen LogP contribution in [0.3, 0.4) is 0 Å². The van der Waals surface area contributed by atoms with Gasteiger partial charge in [0.15, 0.2) is 11.6 Å². The fraction of sp³-hybridized carbons (Fsp3) is 0.161. The van der Waals surface area contributed by atoms with Crippen LogP contribution in [0, 0.1) is 11.6 Å². The summed E-state index contributed by atoms with van der Waals surface area (Å²) in [6.07, 6.45) is 3.53. The van der Waals surface area contributed by atoms with E-state index in [1.165, 1.54) is 6.07 Å². The van der Waals surface area contributed by atoms with Crippen molar-refractivity contribution in [2.75, 3.05) is 0 Å². The van der Waals surface area contributed by atoms with Gasteiger partial charge in [-0.2, -0.15) is 0 Å². The van der Waals surface area contributed by atoms with Gasteiger partial charge in [-0.05, 0) is 58.5 Å². The van der Waals surface area contributed by atoms with E-state index in [2.05, 4.69) is 46.9 Å². The summed E-state index contributed by atoms with van der Waals surface area (Å²) in [5.41, 5.74) is 6.18. The fourth-order valence-electron chi connectivity index (χ4n) is 4.79. The first kappa shape index (κ1) is 24.4. The van der Waals surface area contributed by atoms with Crippen molar-refractivity contribution in [2.24, 2.45) is 0 Å². The molecule has 4 nitrogen and oxygen atoms in total. The van der Waals surface area contributed by atoms with E-state index in [4.69, 9.17) is 0 Å². The Balaban J connectivity index is 1.62. The quantitative estimate of drug-likeness (QED) is 0.262. The van der Waals surface area contributed by atoms with Crippen molar-refractivity contribution in [3.63, 3.8) is 0 Å². The second-order valence-electron chi connectivity index (χ2n) is 9.39. The zero-order valence-electron chi connectivity index (χ0n) is 20.7. The number of carbonyl (C=O) groups excluding carboxylic acids is 1.